The Bertz CT molecular complexity index is 1250. The number of rotatable bonds is 5. The van der Waals surface area contributed by atoms with E-state index in [1.165, 1.54) is 28.6 Å². The van der Waals surface area contributed by atoms with Crippen LogP contribution in [-0.4, -0.2) is 34.2 Å². The molecule has 30 heavy (non-hydrogen) atoms. The fourth-order valence-corrected chi connectivity index (χ4v) is 6.29. The summed E-state index contributed by atoms with van der Waals surface area (Å²) in [5.41, 5.74) is 0.318. The summed E-state index contributed by atoms with van der Waals surface area (Å²) in [7, 11) is -7.35. The molecule has 1 saturated heterocycles. The number of anilines is 1. The maximum absolute atomic E-state index is 12.9. The van der Waals surface area contributed by atoms with Gasteiger partial charge in [-0.15, -0.1) is 0 Å². The molecule has 0 spiro atoms. The lowest BCUT2D eigenvalue weighted by atomic mass is 10.1. The molecule has 3 aromatic rings. The molecule has 1 heterocycles. The first-order chi connectivity index (χ1) is 14.4. The van der Waals surface area contributed by atoms with Crippen LogP contribution in [0.25, 0.3) is 10.8 Å². The van der Waals surface area contributed by atoms with Crippen molar-refractivity contribution >= 4 is 36.5 Å². The van der Waals surface area contributed by atoms with Crippen molar-refractivity contribution in [2.24, 2.45) is 0 Å². The molecule has 0 atom stereocenters. The Labute approximate surface area is 177 Å². The average Bonchev–Trinajstić information content (AvgIpc) is 3.04. The van der Waals surface area contributed by atoms with Crippen LogP contribution >= 0.6 is 0 Å². The second kappa shape index (κ2) is 8.37. The summed E-state index contributed by atoms with van der Waals surface area (Å²) in [6.45, 7) is 1.05. The van der Waals surface area contributed by atoms with Crippen LogP contribution in [0, 0.1) is 0 Å². The first-order valence-corrected chi connectivity index (χ1v) is 12.9. The number of fused-ring (bicyclic) bond motifs is 1. The van der Waals surface area contributed by atoms with E-state index in [1.54, 1.807) is 18.2 Å². The first kappa shape index (κ1) is 20.8. The van der Waals surface area contributed by atoms with Crippen LogP contribution in [0.15, 0.2) is 76.5 Å². The largest absolute Gasteiger partial charge is 0.280 e. The molecule has 0 aromatic heterocycles. The first-order valence-electron chi connectivity index (χ1n) is 9.98. The van der Waals surface area contributed by atoms with Gasteiger partial charge in [-0.2, -0.15) is 4.31 Å². The Morgan fingerprint density at radius 1 is 0.667 bits per heavy atom. The third-order valence-electron chi connectivity index (χ3n) is 5.34. The molecule has 0 unspecified atom stereocenters. The summed E-state index contributed by atoms with van der Waals surface area (Å²) in [6, 6.07) is 18.4. The molecule has 3 aromatic carbocycles. The highest BCUT2D eigenvalue weighted by Crippen LogP contribution is 2.24. The van der Waals surface area contributed by atoms with Gasteiger partial charge < -0.3 is 0 Å². The zero-order chi connectivity index (χ0) is 21.2. The molecule has 6 nitrogen and oxygen atoms in total. The van der Waals surface area contributed by atoms with E-state index in [4.69, 9.17) is 0 Å². The number of hydrogen-bond donors (Lipinski definition) is 1. The van der Waals surface area contributed by atoms with Gasteiger partial charge in [-0.1, -0.05) is 43.2 Å². The van der Waals surface area contributed by atoms with Crippen molar-refractivity contribution in [3.63, 3.8) is 0 Å². The quantitative estimate of drug-likeness (QED) is 0.639. The van der Waals surface area contributed by atoms with Crippen molar-refractivity contribution < 1.29 is 16.8 Å². The predicted molar refractivity (Wildman–Crippen MR) is 118 cm³/mol. The number of nitrogens with zero attached hydrogens (tertiary/aromatic N) is 1. The molecule has 158 valence electrons. The van der Waals surface area contributed by atoms with Crippen LogP contribution in [0.2, 0.25) is 0 Å². The van der Waals surface area contributed by atoms with Gasteiger partial charge in [0.2, 0.25) is 10.0 Å². The summed E-state index contributed by atoms with van der Waals surface area (Å²) < 4.78 is 55.3. The molecule has 1 aliphatic heterocycles. The van der Waals surface area contributed by atoms with Crippen LogP contribution < -0.4 is 4.72 Å². The van der Waals surface area contributed by atoms with E-state index in [0.717, 1.165) is 36.5 Å². The molecule has 1 fully saturated rings. The van der Waals surface area contributed by atoms with Crippen molar-refractivity contribution in [1.29, 1.82) is 0 Å². The zero-order valence-electron chi connectivity index (χ0n) is 16.5. The molecule has 0 amide bonds. The van der Waals surface area contributed by atoms with Crippen LogP contribution in [0.1, 0.15) is 25.7 Å². The van der Waals surface area contributed by atoms with E-state index in [1.807, 2.05) is 24.3 Å². The van der Waals surface area contributed by atoms with Crippen LogP contribution in [-0.2, 0) is 20.0 Å². The number of sulfonamides is 2. The standard InChI is InChI=1S/C22H24N2O4S2/c25-29(26,22-12-9-18-7-3-4-8-19(18)17-22)23-20-10-13-21(14-11-20)30(27,28)24-15-5-1-2-6-16-24/h3-4,7-14,17,23H,1-2,5-6,15-16H2. The molecule has 0 aliphatic carbocycles. The van der Waals surface area contributed by atoms with E-state index >= 15 is 0 Å². The summed E-state index contributed by atoms with van der Waals surface area (Å²) in [5.74, 6) is 0. The topological polar surface area (TPSA) is 83.5 Å². The van der Waals surface area contributed by atoms with E-state index in [9.17, 15) is 16.8 Å². The Hall–Kier alpha value is -2.42. The molecule has 0 radical (unpaired) electrons. The number of benzene rings is 3. The van der Waals surface area contributed by atoms with Crippen LogP contribution in [0.3, 0.4) is 0 Å². The minimum atomic E-state index is -3.79. The smallest absolute Gasteiger partial charge is 0.261 e. The SMILES string of the molecule is O=S(=O)(Nc1ccc(S(=O)(=O)N2CCCCCC2)cc1)c1ccc2ccccc2c1. The summed E-state index contributed by atoms with van der Waals surface area (Å²) in [4.78, 5) is 0.334. The summed E-state index contributed by atoms with van der Waals surface area (Å²) in [6.07, 6.45) is 3.81. The highest BCUT2D eigenvalue weighted by molar-refractivity contribution is 7.92. The van der Waals surface area contributed by atoms with Crippen molar-refractivity contribution in [1.82, 2.24) is 4.31 Å². The molecular weight excluding hydrogens is 420 g/mol. The van der Waals surface area contributed by atoms with Gasteiger partial charge in [0.25, 0.3) is 10.0 Å². The van der Waals surface area contributed by atoms with E-state index < -0.39 is 20.0 Å². The lowest BCUT2D eigenvalue weighted by Crippen LogP contribution is -2.31. The third kappa shape index (κ3) is 4.35. The highest BCUT2D eigenvalue weighted by atomic mass is 32.2. The normalized spacial score (nSPS) is 16.3. The minimum absolute atomic E-state index is 0.155. The summed E-state index contributed by atoms with van der Waals surface area (Å²) >= 11 is 0. The van der Waals surface area contributed by atoms with Crippen LogP contribution in [0.5, 0.6) is 0 Å². The van der Waals surface area contributed by atoms with Gasteiger partial charge >= 0.3 is 0 Å². The fourth-order valence-electron chi connectivity index (χ4n) is 3.67. The molecule has 8 heteroatoms. The number of hydrogen-bond acceptors (Lipinski definition) is 4. The predicted octanol–water partition coefficient (Wildman–Crippen LogP) is 4.21. The Kier molecular flexibility index (Phi) is 5.81. The van der Waals surface area contributed by atoms with Gasteiger partial charge in [-0.05, 0) is 60.0 Å². The minimum Gasteiger partial charge on any atom is -0.280 e. The van der Waals surface area contributed by atoms with Crippen LogP contribution in [0.4, 0.5) is 5.69 Å². The zero-order valence-corrected chi connectivity index (χ0v) is 18.1. The van der Waals surface area contributed by atoms with E-state index in [-0.39, 0.29) is 9.79 Å². The third-order valence-corrected chi connectivity index (χ3v) is 8.63. The van der Waals surface area contributed by atoms with Gasteiger partial charge in [-0.3, -0.25) is 4.72 Å². The molecule has 1 N–H and O–H groups in total. The van der Waals surface area contributed by atoms with Crippen molar-refractivity contribution in [2.75, 3.05) is 17.8 Å². The lowest BCUT2D eigenvalue weighted by Gasteiger charge is -2.20. The highest BCUT2D eigenvalue weighted by Gasteiger charge is 2.25. The van der Waals surface area contributed by atoms with E-state index in [0.29, 0.717) is 18.8 Å². The Morgan fingerprint density at radius 2 is 1.27 bits per heavy atom. The van der Waals surface area contributed by atoms with Gasteiger partial charge in [0.1, 0.15) is 0 Å². The molecule has 0 bridgehead atoms. The molecule has 0 saturated carbocycles. The van der Waals surface area contributed by atoms with Gasteiger partial charge in [-0.25, -0.2) is 16.8 Å². The van der Waals surface area contributed by atoms with E-state index in [2.05, 4.69) is 4.72 Å². The van der Waals surface area contributed by atoms with Gasteiger partial charge in [0.05, 0.1) is 9.79 Å². The molecule has 1 aliphatic rings. The number of nitrogens with one attached hydrogen (secondary N) is 1. The van der Waals surface area contributed by atoms with Gasteiger partial charge in [0, 0.05) is 18.8 Å². The molecule has 4 rings (SSSR count). The summed E-state index contributed by atoms with van der Waals surface area (Å²) in [5, 5.41) is 1.79. The lowest BCUT2D eigenvalue weighted by molar-refractivity contribution is 0.424. The molecular formula is C22H24N2O4S2. The average molecular weight is 445 g/mol. The van der Waals surface area contributed by atoms with Crippen molar-refractivity contribution in [3.05, 3.63) is 66.7 Å². The Balaban J connectivity index is 1.54. The maximum atomic E-state index is 12.9. The maximum Gasteiger partial charge on any atom is 0.261 e. The van der Waals surface area contributed by atoms with Gasteiger partial charge in [0.15, 0.2) is 0 Å². The van der Waals surface area contributed by atoms with Crippen molar-refractivity contribution in [2.45, 2.75) is 35.5 Å². The second-order valence-corrected chi connectivity index (χ2v) is 11.1. The van der Waals surface area contributed by atoms with Crippen molar-refractivity contribution in [3.8, 4) is 0 Å². The second-order valence-electron chi connectivity index (χ2n) is 7.46. The Morgan fingerprint density at radius 3 is 1.93 bits per heavy atom. The monoisotopic (exact) mass is 444 g/mol. The fraction of sp³-hybridized carbons (Fsp3) is 0.273.